The molecule has 4 N–H and O–H groups in total. The quantitative estimate of drug-likeness (QED) is 0.603. The van der Waals surface area contributed by atoms with E-state index in [9.17, 15) is 9.59 Å². The van der Waals surface area contributed by atoms with Crippen LogP contribution in [0.2, 0.25) is 0 Å². The predicted molar refractivity (Wildman–Crippen MR) is 105 cm³/mol. The van der Waals surface area contributed by atoms with Crippen LogP contribution in [-0.2, 0) is 17.8 Å². The Labute approximate surface area is 164 Å². The van der Waals surface area contributed by atoms with Crippen LogP contribution in [0, 0.1) is 20.8 Å². The van der Waals surface area contributed by atoms with Crippen molar-refractivity contribution in [3.63, 3.8) is 0 Å². The van der Waals surface area contributed by atoms with Gasteiger partial charge in [-0.2, -0.15) is 5.10 Å². The van der Waals surface area contributed by atoms with E-state index in [1.54, 1.807) is 13.3 Å². The Kier molecular flexibility index (Phi) is 5.53. The van der Waals surface area contributed by atoms with E-state index in [2.05, 4.69) is 37.9 Å². The standard InChI is InChI=1S/C19H27N7O2/c1-6-14-10(2)25-26(13(14)5)8-7-20-18(27)15-11(3)23-19(28)24-17(15)16-12(4)21-9-22-16/h9,17H,6-8H2,1-5H3,(H,20,27)(H,21,22)(H2,23,24,28)/t17-/m1/s1. The summed E-state index contributed by atoms with van der Waals surface area (Å²) in [5.74, 6) is -0.241. The van der Waals surface area contributed by atoms with Crippen LogP contribution in [0.1, 0.15) is 48.2 Å². The van der Waals surface area contributed by atoms with Crippen molar-refractivity contribution in [3.8, 4) is 0 Å². The minimum atomic E-state index is -0.597. The van der Waals surface area contributed by atoms with Crippen molar-refractivity contribution < 1.29 is 9.59 Å². The molecule has 0 fully saturated rings. The summed E-state index contributed by atoms with van der Waals surface area (Å²) in [7, 11) is 0. The van der Waals surface area contributed by atoms with Gasteiger partial charge in [-0.15, -0.1) is 0 Å². The molecule has 3 rings (SSSR count). The van der Waals surface area contributed by atoms with Crippen LogP contribution in [0.15, 0.2) is 17.6 Å². The number of amides is 3. The molecule has 0 saturated carbocycles. The summed E-state index contributed by atoms with van der Waals surface area (Å²) in [5.41, 5.74) is 5.81. The first-order valence-electron chi connectivity index (χ1n) is 9.42. The van der Waals surface area contributed by atoms with Gasteiger partial charge in [-0.1, -0.05) is 6.92 Å². The maximum atomic E-state index is 12.9. The molecular weight excluding hydrogens is 358 g/mol. The number of imidazole rings is 1. The zero-order chi connectivity index (χ0) is 20.4. The maximum Gasteiger partial charge on any atom is 0.319 e. The van der Waals surface area contributed by atoms with Crippen molar-refractivity contribution in [3.05, 3.63) is 45.9 Å². The molecule has 0 aromatic carbocycles. The van der Waals surface area contributed by atoms with E-state index in [1.165, 1.54) is 5.56 Å². The van der Waals surface area contributed by atoms with Crippen LogP contribution in [0.4, 0.5) is 4.79 Å². The number of aromatic nitrogens is 4. The number of H-pyrrole nitrogens is 1. The number of aryl methyl sites for hydroxylation is 2. The van der Waals surface area contributed by atoms with Gasteiger partial charge in [0.1, 0.15) is 6.04 Å². The van der Waals surface area contributed by atoms with Crippen molar-refractivity contribution in [2.45, 2.75) is 53.6 Å². The summed E-state index contributed by atoms with van der Waals surface area (Å²) < 4.78 is 1.92. The van der Waals surface area contributed by atoms with Gasteiger partial charge >= 0.3 is 6.03 Å². The van der Waals surface area contributed by atoms with Gasteiger partial charge in [0.25, 0.3) is 5.91 Å². The SMILES string of the molecule is CCc1c(C)nn(CCNC(=O)C2=C(C)NC(=O)N[C@H]2c2nc[nH]c2C)c1C. The first-order valence-corrected chi connectivity index (χ1v) is 9.42. The molecule has 2 aromatic rings. The van der Waals surface area contributed by atoms with E-state index < -0.39 is 6.04 Å². The molecule has 9 heteroatoms. The average Bonchev–Trinajstić information content (AvgIpc) is 3.17. The highest BCUT2D eigenvalue weighted by atomic mass is 16.2. The molecule has 2 aromatic heterocycles. The molecule has 0 saturated heterocycles. The molecule has 0 spiro atoms. The molecule has 1 aliphatic heterocycles. The number of carbonyl (C=O) groups is 2. The lowest BCUT2D eigenvalue weighted by atomic mass is 9.98. The zero-order valence-electron chi connectivity index (χ0n) is 16.9. The summed E-state index contributed by atoms with van der Waals surface area (Å²) in [5, 5.41) is 13.0. The van der Waals surface area contributed by atoms with E-state index in [1.807, 2.05) is 25.5 Å². The number of carbonyl (C=O) groups excluding carboxylic acids is 2. The fourth-order valence-electron chi connectivity index (χ4n) is 3.69. The summed E-state index contributed by atoms with van der Waals surface area (Å²) in [6, 6.07) is -0.948. The minimum absolute atomic E-state index is 0.241. The lowest BCUT2D eigenvalue weighted by Crippen LogP contribution is -2.47. The van der Waals surface area contributed by atoms with E-state index in [0.29, 0.717) is 30.1 Å². The predicted octanol–water partition coefficient (Wildman–Crippen LogP) is 1.54. The summed E-state index contributed by atoms with van der Waals surface area (Å²) in [4.78, 5) is 32.1. The van der Waals surface area contributed by atoms with Gasteiger partial charge in [-0.25, -0.2) is 9.78 Å². The molecule has 0 aliphatic carbocycles. The molecule has 28 heavy (non-hydrogen) atoms. The van der Waals surface area contributed by atoms with Crippen molar-refractivity contribution in [2.24, 2.45) is 0 Å². The molecule has 0 bridgehead atoms. The van der Waals surface area contributed by atoms with Gasteiger partial charge in [0.15, 0.2) is 0 Å². The molecule has 1 aliphatic rings. The highest BCUT2D eigenvalue weighted by molar-refractivity contribution is 5.98. The van der Waals surface area contributed by atoms with Gasteiger partial charge in [0.2, 0.25) is 0 Å². The lowest BCUT2D eigenvalue weighted by molar-refractivity contribution is -0.118. The highest BCUT2D eigenvalue weighted by Gasteiger charge is 2.33. The second-order valence-electron chi connectivity index (χ2n) is 6.96. The third kappa shape index (κ3) is 3.64. The summed E-state index contributed by atoms with van der Waals surface area (Å²) in [6.07, 6.45) is 2.49. The molecular formula is C19H27N7O2. The van der Waals surface area contributed by atoms with E-state index in [0.717, 1.165) is 23.5 Å². The molecule has 3 heterocycles. The zero-order valence-corrected chi connectivity index (χ0v) is 16.9. The van der Waals surface area contributed by atoms with Crippen molar-refractivity contribution in [1.29, 1.82) is 0 Å². The maximum absolute atomic E-state index is 12.9. The Morgan fingerprint density at radius 1 is 1.29 bits per heavy atom. The van der Waals surface area contributed by atoms with Crippen molar-refractivity contribution in [1.82, 2.24) is 35.7 Å². The highest BCUT2D eigenvalue weighted by Crippen LogP contribution is 2.26. The Morgan fingerprint density at radius 3 is 2.64 bits per heavy atom. The van der Waals surface area contributed by atoms with Gasteiger partial charge in [-0.05, 0) is 39.7 Å². The molecule has 150 valence electrons. The number of allylic oxidation sites excluding steroid dienone is 1. The van der Waals surface area contributed by atoms with Gasteiger partial charge in [-0.3, -0.25) is 9.48 Å². The Bertz CT molecular complexity index is 938. The fourth-order valence-corrected chi connectivity index (χ4v) is 3.69. The fraction of sp³-hybridized carbons (Fsp3) is 0.474. The average molecular weight is 385 g/mol. The Hall–Kier alpha value is -3.10. The largest absolute Gasteiger partial charge is 0.350 e. The Morgan fingerprint density at radius 2 is 2.04 bits per heavy atom. The number of urea groups is 1. The molecule has 0 unspecified atom stereocenters. The van der Waals surface area contributed by atoms with Gasteiger partial charge in [0.05, 0.1) is 29.8 Å². The number of hydrogen-bond donors (Lipinski definition) is 4. The molecule has 9 nitrogen and oxygen atoms in total. The van der Waals surface area contributed by atoms with E-state index in [4.69, 9.17) is 0 Å². The van der Waals surface area contributed by atoms with Crippen LogP contribution < -0.4 is 16.0 Å². The third-order valence-electron chi connectivity index (χ3n) is 5.15. The number of nitrogens with zero attached hydrogens (tertiary/aromatic N) is 3. The molecule has 0 radical (unpaired) electrons. The van der Waals surface area contributed by atoms with E-state index in [-0.39, 0.29) is 11.9 Å². The first-order chi connectivity index (χ1) is 13.3. The Balaban J connectivity index is 1.74. The van der Waals surface area contributed by atoms with E-state index >= 15 is 0 Å². The lowest BCUT2D eigenvalue weighted by Gasteiger charge is -2.27. The number of hydrogen-bond acceptors (Lipinski definition) is 4. The van der Waals surface area contributed by atoms with Crippen molar-refractivity contribution >= 4 is 11.9 Å². The molecule has 3 amide bonds. The molecule has 1 atom stereocenters. The number of rotatable bonds is 6. The first kappa shape index (κ1) is 19.7. The second-order valence-corrected chi connectivity index (χ2v) is 6.96. The van der Waals surface area contributed by atoms with Crippen LogP contribution in [0.5, 0.6) is 0 Å². The van der Waals surface area contributed by atoms with Crippen molar-refractivity contribution in [2.75, 3.05) is 6.54 Å². The van der Waals surface area contributed by atoms with Gasteiger partial charge in [0, 0.05) is 23.6 Å². The van der Waals surface area contributed by atoms with Gasteiger partial charge < -0.3 is 20.9 Å². The normalized spacial score (nSPS) is 16.8. The topological polar surface area (TPSA) is 117 Å². The number of aromatic amines is 1. The third-order valence-corrected chi connectivity index (χ3v) is 5.15. The van der Waals surface area contributed by atoms with Crippen LogP contribution in [0.3, 0.4) is 0 Å². The summed E-state index contributed by atoms with van der Waals surface area (Å²) in [6.45, 7) is 10.7. The van der Waals surface area contributed by atoms with Crippen LogP contribution in [0.25, 0.3) is 0 Å². The number of nitrogens with one attached hydrogen (secondary N) is 4. The monoisotopic (exact) mass is 385 g/mol. The second kappa shape index (κ2) is 7.87. The summed E-state index contributed by atoms with van der Waals surface area (Å²) >= 11 is 0. The smallest absolute Gasteiger partial charge is 0.319 e. The van der Waals surface area contributed by atoms with Crippen LogP contribution in [-0.4, -0.2) is 38.2 Å². The minimum Gasteiger partial charge on any atom is -0.350 e. The van der Waals surface area contributed by atoms with Crippen LogP contribution >= 0.6 is 0 Å².